The van der Waals surface area contributed by atoms with E-state index in [-0.39, 0.29) is 12.2 Å². The van der Waals surface area contributed by atoms with Crippen LogP contribution in [0.5, 0.6) is 0 Å². The normalized spacial score (nSPS) is 21.7. The average Bonchev–Trinajstić information content (AvgIpc) is 2.40. The molecule has 0 aromatic rings. The first-order valence-electron chi connectivity index (χ1n) is 7.33. The summed E-state index contributed by atoms with van der Waals surface area (Å²) < 4.78 is 14.7. The highest BCUT2D eigenvalue weighted by molar-refractivity contribution is 5.77. The summed E-state index contributed by atoms with van der Waals surface area (Å²) in [6.45, 7) is 0. The van der Waals surface area contributed by atoms with Gasteiger partial charge in [0.15, 0.2) is 0 Å². The summed E-state index contributed by atoms with van der Waals surface area (Å²) in [5.74, 6) is 0. The summed E-state index contributed by atoms with van der Waals surface area (Å²) in [7, 11) is 0. The molecule has 2 fully saturated rings. The van der Waals surface area contributed by atoms with Crippen LogP contribution in [0.3, 0.4) is 0 Å². The molecule has 0 aromatic heterocycles. The SMILES string of the molecule is O=C(OC(=O)OC1CCCCC1)OC1CCCCC1. The van der Waals surface area contributed by atoms with E-state index < -0.39 is 12.3 Å². The second-order valence-corrected chi connectivity index (χ2v) is 5.36. The molecule has 2 aliphatic carbocycles. The quantitative estimate of drug-likeness (QED) is 0.561. The highest BCUT2D eigenvalue weighted by Gasteiger charge is 2.24. The lowest BCUT2D eigenvalue weighted by atomic mass is 9.98. The molecule has 19 heavy (non-hydrogen) atoms. The Bertz CT molecular complexity index is 273. The minimum atomic E-state index is -0.923. The van der Waals surface area contributed by atoms with Gasteiger partial charge < -0.3 is 14.2 Å². The van der Waals surface area contributed by atoms with Gasteiger partial charge in [0, 0.05) is 0 Å². The minimum absolute atomic E-state index is 0.108. The third kappa shape index (κ3) is 5.09. The number of hydrogen-bond acceptors (Lipinski definition) is 5. The monoisotopic (exact) mass is 270 g/mol. The van der Waals surface area contributed by atoms with Crippen molar-refractivity contribution in [3.05, 3.63) is 0 Å². The van der Waals surface area contributed by atoms with Crippen molar-refractivity contribution in [1.29, 1.82) is 0 Å². The molecule has 0 amide bonds. The first kappa shape index (κ1) is 14.2. The summed E-state index contributed by atoms with van der Waals surface area (Å²) in [5.41, 5.74) is 0. The van der Waals surface area contributed by atoms with Gasteiger partial charge in [0.1, 0.15) is 12.2 Å². The number of rotatable bonds is 2. The first-order chi connectivity index (χ1) is 9.24. The van der Waals surface area contributed by atoms with E-state index in [1.807, 2.05) is 0 Å². The zero-order valence-corrected chi connectivity index (χ0v) is 11.3. The lowest BCUT2D eigenvalue weighted by Crippen LogP contribution is -2.26. The van der Waals surface area contributed by atoms with Crippen molar-refractivity contribution in [2.24, 2.45) is 0 Å². The third-order valence-corrected chi connectivity index (χ3v) is 3.80. The predicted octanol–water partition coefficient (Wildman–Crippen LogP) is 3.94. The van der Waals surface area contributed by atoms with E-state index in [9.17, 15) is 9.59 Å². The van der Waals surface area contributed by atoms with Gasteiger partial charge in [0.25, 0.3) is 0 Å². The Morgan fingerprint density at radius 1 is 0.632 bits per heavy atom. The Morgan fingerprint density at radius 3 is 1.37 bits per heavy atom. The molecule has 0 heterocycles. The van der Waals surface area contributed by atoms with E-state index in [4.69, 9.17) is 9.47 Å². The van der Waals surface area contributed by atoms with Gasteiger partial charge in [-0.1, -0.05) is 12.8 Å². The molecule has 0 N–H and O–H groups in total. The highest BCUT2D eigenvalue weighted by atomic mass is 16.8. The maximum Gasteiger partial charge on any atom is 0.518 e. The summed E-state index contributed by atoms with van der Waals surface area (Å²) in [4.78, 5) is 22.8. The van der Waals surface area contributed by atoms with Gasteiger partial charge in [-0.25, -0.2) is 9.59 Å². The van der Waals surface area contributed by atoms with Crippen molar-refractivity contribution in [1.82, 2.24) is 0 Å². The van der Waals surface area contributed by atoms with Gasteiger partial charge in [-0.2, -0.15) is 0 Å². The number of carbonyl (C=O) groups excluding carboxylic acids is 2. The number of carbonyl (C=O) groups is 2. The first-order valence-corrected chi connectivity index (χ1v) is 7.33. The van der Waals surface area contributed by atoms with Gasteiger partial charge in [-0.15, -0.1) is 0 Å². The molecule has 108 valence electrons. The second kappa shape index (κ2) is 7.36. The summed E-state index contributed by atoms with van der Waals surface area (Å²) in [6, 6.07) is 0. The Balaban J connectivity index is 1.64. The van der Waals surface area contributed by atoms with Gasteiger partial charge in [-0.05, 0) is 51.4 Å². The topological polar surface area (TPSA) is 61.8 Å². The zero-order chi connectivity index (χ0) is 13.5. The highest BCUT2D eigenvalue weighted by Crippen LogP contribution is 2.22. The molecule has 5 nitrogen and oxygen atoms in total. The van der Waals surface area contributed by atoms with E-state index >= 15 is 0 Å². The Morgan fingerprint density at radius 2 is 1.00 bits per heavy atom. The van der Waals surface area contributed by atoms with Crippen LogP contribution in [0.25, 0.3) is 0 Å². The van der Waals surface area contributed by atoms with Gasteiger partial charge in [-0.3, -0.25) is 0 Å². The summed E-state index contributed by atoms with van der Waals surface area (Å²) in [6.07, 6.45) is 7.95. The molecule has 2 aliphatic rings. The second-order valence-electron chi connectivity index (χ2n) is 5.36. The lowest BCUT2D eigenvalue weighted by molar-refractivity contribution is -0.0100. The fourth-order valence-corrected chi connectivity index (χ4v) is 2.75. The van der Waals surface area contributed by atoms with E-state index in [1.165, 1.54) is 12.8 Å². The predicted molar refractivity (Wildman–Crippen MR) is 67.8 cm³/mol. The van der Waals surface area contributed by atoms with Crippen molar-refractivity contribution < 1.29 is 23.8 Å². The molecule has 0 saturated heterocycles. The maximum absolute atomic E-state index is 11.4. The molecule has 0 bridgehead atoms. The molecule has 2 rings (SSSR count). The maximum atomic E-state index is 11.4. The van der Waals surface area contributed by atoms with E-state index in [0.29, 0.717) is 0 Å². The fraction of sp³-hybridized carbons (Fsp3) is 0.857. The molecule has 5 heteroatoms. The van der Waals surface area contributed by atoms with Gasteiger partial charge in [0.2, 0.25) is 0 Å². The zero-order valence-electron chi connectivity index (χ0n) is 11.3. The van der Waals surface area contributed by atoms with Crippen LogP contribution in [0.2, 0.25) is 0 Å². The lowest BCUT2D eigenvalue weighted by Gasteiger charge is -2.22. The van der Waals surface area contributed by atoms with Crippen molar-refractivity contribution >= 4 is 12.3 Å². The molecule has 0 aromatic carbocycles. The molecular formula is C14H22O5. The van der Waals surface area contributed by atoms with E-state index in [0.717, 1.165) is 51.4 Å². The fourth-order valence-electron chi connectivity index (χ4n) is 2.75. The third-order valence-electron chi connectivity index (χ3n) is 3.80. The standard InChI is InChI=1S/C14H22O5/c15-13(17-11-7-3-1-4-8-11)19-14(16)18-12-9-5-2-6-10-12/h11-12H,1-10H2. The minimum Gasteiger partial charge on any atom is -0.431 e. The van der Waals surface area contributed by atoms with Crippen molar-refractivity contribution in [3.63, 3.8) is 0 Å². The molecule has 2 saturated carbocycles. The van der Waals surface area contributed by atoms with Crippen molar-refractivity contribution in [2.45, 2.75) is 76.4 Å². The smallest absolute Gasteiger partial charge is 0.431 e. The number of hydrogen-bond donors (Lipinski definition) is 0. The Hall–Kier alpha value is -1.26. The number of ether oxygens (including phenoxy) is 3. The summed E-state index contributed by atoms with van der Waals surface area (Å²) in [5, 5.41) is 0. The van der Waals surface area contributed by atoms with Gasteiger partial charge >= 0.3 is 12.3 Å². The van der Waals surface area contributed by atoms with Crippen LogP contribution in [-0.4, -0.2) is 24.5 Å². The van der Waals surface area contributed by atoms with Crippen LogP contribution in [0, 0.1) is 0 Å². The van der Waals surface area contributed by atoms with E-state index in [1.54, 1.807) is 0 Å². The van der Waals surface area contributed by atoms with Crippen LogP contribution in [0.15, 0.2) is 0 Å². The van der Waals surface area contributed by atoms with Crippen LogP contribution in [0.4, 0.5) is 9.59 Å². The summed E-state index contributed by atoms with van der Waals surface area (Å²) >= 11 is 0. The average molecular weight is 270 g/mol. The van der Waals surface area contributed by atoms with Crippen molar-refractivity contribution in [2.75, 3.05) is 0 Å². The molecule has 0 spiro atoms. The molecule has 0 aliphatic heterocycles. The van der Waals surface area contributed by atoms with Crippen LogP contribution in [-0.2, 0) is 14.2 Å². The van der Waals surface area contributed by atoms with E-state index in [2.05, 4.69) is 4.74 Å². The van der Waals surface area contributed by atoms with Crippen LogP contribution in [0.1, 0.15) is 64.2 Å². The van der Waals surface area contributed by atoms with Crippen LogP contribution >= 0.6 is 0 Å². The Labute approximate surface area is 113 Å². The largest absolute Gasteiger partial charge is 0.518 e. The molecular weight excluding hydrogens is 248 g/mol. The molecule has 0 radical (unpaired) electrons. The molecule has 0 atom stereocenters. The van der Waals surface area contributed by atoms with Crippen LogP contribution < -0.4 is 0 Å². The molecule has 0 unspecified atom stereocenters. The van der Waals surface area contributed by atoms with Gasteiger partial charge in [0.05, 0.1) is 0 Å². The Kier molecular flexibility index (Phi) is 5.48. The van der Waals surface area contributed by atoms with Crippen molar-refractivity contribution in [3.8, 4) is 0 Å².